The summed E-state index contributed by atoms with van der Waals surface area (Å²) < 4.78 is 5.04. The standard InChI is InChI=1S/C20H18N2O5/c1-2-11-27-20(26)12-7-9-13(10-8-12)21-18(24)16-17(23)14-5-3-4-6-15(14)22-19(16)25/h3-10H,2,11H2,1H3,(H,21,24)(H2,22,23,25). The molecule has 3 N–H and O–H groups in total. The molecule has 0 atom stereocenters. The van der Waals surface area contributed by atoms with E-state index in [0.717, 1.165) is 6.42 Å². The van der Waals surface area contributed by atoms with Crippen molar-refractivity contribution in [3.8, 4) is 5.75 Å². The van der Waals surface area contributed by atoms with E-state index in [0.29, 0.717) is 28.8 Å². The molecule has 0 saturated heterocycles. The van der Waals surface area contributed by atoms with Crippen LogP contribution in [0, 0.1) is 0 Å². The molecule has 7 heteroatoms. The van der Waals surface area contributed by atoms with Crippen LogP contribution < -0.4 is 10.9 Å². The van der Waals surface area contributed by atoms with Gasteiger partial charge < -0.3 is 20.1 Å². The van der Waals surface area contributed by atoms with Gasteiger partial charge in [-0.15, -0.1) is 0 Å². The van der Waals surface area contributed by atoms with Gasteiger partial charge in [-0.1, -0.05) is 19.1 Å². The minimum Gasteiger partial charge on any atom is -0.506 e. The number of anilines is 1. The topological polar surface area (TPSA) is 108 Å². The molecule has 1 heterocycles. The summed E-state index contributed by atoms with van der Waals surface area (Å²) in [5.41, 5.74) is 0.0990. The third-order valence-corrected chi connectivity index (χ3v) is 3.94. The minimum absolute atomic E-state index is 0.335. The number of fused-ring (bicyclic) bond motifs is 1. The molecule has 0 bridgehead atoms. The van der Waals surface area contributed by atoms with Crippen molar-refractivity contribution in [3.05, 3.63) is 70.0 Å². The van der Waals surface area contributed by atoms with Crippen LogP contribution in [0.5, 0.6) is 5.75 Å². The number of aromatic amines is 1. The number of ether oxygens (including phenoxy) is 1. The van der Waals surface area contributed by atoms with E-state index in [2.05, 4.69) is 10.3 Å². The molecule has 138 valence electrons. The number of esters is 1. The van der Waals surface area contributed by atoms with Crippen LogP contribution in [-0.4, -0.2) is 28.6 Å². The van der Waals surface area contributed by atoms with E-state index in [1.54, 1.807) is 24.3 Å². The fraction of sp³-hybridized carbons (Fsp3) is 0.150. The average molecular weight is 366 g/mol. The Kier molecular flexibility index (Phi) is 5.21. The smallest absolute Gasteiger partial charge is 0.338 e. The van der Waals surface area contributed by atoms with Crippen LogP contribution in [0.15, 0.2) is 53.3 Å². The van der Waals surface area contributed by atoms with E-state index in [1.807, 2.05) is 6.92 Å². The molecule has 2 aromatic carbocycles. The van der Waals surface area contributed by atoms with Crippen LogP contribution in [0.4, 0.5) is 5.69 Å². The van der Waals surface area contributed by atoms with E-state index in [9.17, 15) is 19.5 Å². The normalized spacial score (nSPS) is 10.6. The number of aromatic hydroxyl groups is 1. The lowest BCUT2D eigenvalue weighted by Gasteiger charge is -2.09. The number of nitrogens with one attached hydrogen (secondary N) is 2. The van der Waals surface area contributed by atoms with Crippen LogP contribution in [0.3, 0.4) is 0 Å². The lowest BCUT2D eigenvalue weighted by Crippen LogP contribution is -2.23. The summed E-state index contributed by atoms with van der Waals surface area (Å²) in [5, 5.41) is 13.3. The van der Waals surface area contributed by atoms with Crippen molar-refractivity contribution in [2.75, 3.05) is 11.9 Å². The molecule has 7 nitrogen and oxygen atoms in total. The van der Waals surface area contributed by atoms with Crippen LogP contribution in [0.25, 0.3) is 10.9 Å². The molecule has 0 unspecified atom stereocenters. The van der Waals surface area contributed by atoms with Gasteiger partial charge in [-0.05, 0) is 42.8 Å². The molecule has 0 aliphatic heterocycles. The molecule has 1 amide bonds. The maximum Gasteiger partial charge on any atom is 0.338 e. The van der Waals surface area contributed by atoms with Gasteiger partial charge in [0.05, 0.1) is 17.7 Å². The van der Waals surface area contributed by atoms with Crippen molar-refractivity contribution in [1.82, 2.24) is 4.98 Å². The second-order valence-corrected chi connectivity index (χ2v) is 5.89. The zero-order valence-electron chi connectivity index (χ0n) is 14.6. The first-order valence-corrected chi connectivity index (χ1v) is 8.43. The molecular formula is C20H18N2O5. The highest BCUT2D eigenvalue weighted by molar-refractivity contribution is 6.09. The van der Waals surface area contributed by atoms with E-state index in [4.69, 9.17) is 4.74 Å². The van der Waals surface area contributed by atoms with Gasteiger partial charge in [0.25, 0.3) is 11.5 Å². The summed E-state index contributed by atoms with van der Waals surface area (Å²) in [5.74, 6) is -1.58. The molecular weight excluding hydrogens is 348 g/mol. The first-order valence-electron chi connectivity index (χ1n) is 8.43. The lowest BCUT2D eigenvalue weighted by atomic mass is 10.1. The number of hydrogen-bond acceptors (Lipinski definition) is 5. The maximum atomic E-state index is 12.5. The minimum atomic E-state index is -0.749. The number of pyridine rings is 1. The van der Waals surface area contributed by atoms with Gasteiger partial charge in [0.2, 0.25) is 0 Å². The lowest BCUT2D eigenvalue weighted by molar-refractivity contribution is 0.0505. The highest BCUT2D eigenvalue weighted by atomic mass is 16.5. The van der Waals surface area contributed by atoms with Crippen LogP contribution >= 0.6 is 0 Å². The Balaban J connectivity index is 1.83. The van der Waals surface area contributed by atoms with Gasteiger partial charge in [0.1, 0.15) is 11.3 Å². The quantitative estimate of drug-likeness (QED) is 0.602. The number of rotatable bonds is 5. The van der Waals surface area contributed by atoms with Crippen LogP contribution in [0.1, 0.15) is 34.1 Å². The second-order valence-electron chi connectivity index (χ2n) is 5.89. The second kappa shape index (κ2) is 7.74. The van der Waals surface area contributed by atoms with E-state index in [-0.39, 0.29) is 11.3 Å². The van der Waals surface area contributed by atoms with E-state index in [1.165, 1.54) is 24.3 Å². The third-order valence-electron chi connectivity index (χ3n) is 3.94. The van der Waals surface area contributed by atoms with Crippen molar-refractivity contribution in [2.24, 2.45) is 0 Å². The number of carbonyl (C=O) groups excluding carboxylic acids is 2. The summed E-state index contributed by atoms with van der Waals surface area (Å²) in [4.78, 5) is 39.0. The molecule has 3 rings (SSSR count). The largest absolute Gasteiger partial charge is 0.506 e. The molecule has 3 aromatic rings. The Hall–Kier alpha value is -3.61. The fourth-order valence-electron chi connectivity index (χ4n) is 2.60. The number of hydrogen-bond donors (Lipinski definition) is 3. The highest BCUT2D eigenvalue weighted by Gasteiger charge is 2.19. The molecule has 0 saturated carbocycles. The predicted octanol–water partition coefficient (Wildman–Crippen LogP) is 3.05. The van der Waals surface area contributed by atoms with Gasteiger partial charge in [-0.3, -0.25) is 9.59 Å². The SMILES string of the molecule is CCCOC(=O)c1ccc(NC(=O)c2c(O)c3ccccc3[nH]c2=O)cc1. The summed E-state index contributed by atoms with van der Waals surface area (Å²) in [6, 6.07) is 12.7. The predicted molar refractivity (Wildman–Crippen MR) is 101 cm³/mol. The summed E-state index contributed by atoms with van der Waals surface area (Å²) >= 11 is 0. The molecule has 0 radical (unpaired) electrons. The monoisotopic (exact) mass is 366 g/mol. The van der Waals surface area contributed by atoms with Crippen molar-refractivity contribution in [3.63, 3.8) is 0 Å². The summed E-state index contributed by atoms with van der Waals surface area (Å²) in [6.45, 7) is 2.23. The number of para-hydroxylation sites is 1. The number of amides is 1. The molecule has 0 aliphatic rings. The van der Waals surface area contributed by atoms with Crippen LogP contribution in [0.2, 0.25) is 0 Å². The molecule has 27 heavy (non-hydrogen) atoms. The fourth-order valence-corrected chi connectivity index (χ4v) is 2.60. The van der Waals surface area contributed by atoms with Crippen molar-refractivity contribution in [1.29, 1.82) is 0 Å². The van der Waals surface area contributed by atoms with Crippen LogP contribution in [-0.2, 0) is 4.74 Å². The zero-order chi connectivity index (χ0) is 19.4. The zero-order valence-corrected chi connectivity index (χ0v) is 14.6. The molecule has 0 aliphatic carbocycles. The average Bonchev–Trinajstić information content (AvgIpc) is 2.66. The summed E-state index contributed by atoms with van der Waals surface area (Å²) in [7, 11) is 0. The highest BCUT2D eigenvalue weighted by Crippen LogP contribution is 2.25. The van der Waals surface area contributed by atoms with E-state index < -0.39 is 17.4 Å². The summed E-state index contributed by atoms with van der Waals surface area (Å²) in [6.07, 6.45) is 0.726. The number of aromatic nitrogens is 1. The maximum absolute atomic E-state index is 12.5. The first kappa shape index (κ1) is 18.2. The number of benzene rings is 2. The number of H-pyrrole nitrogens is 1. The molecule has 0 spiro atoms. The Bertz CT molecular complexity index is 1050. The first-order chi connectivity index (χ1) is 13.0. The Morgan fingerprint density at radius 3 is 2.52 bits per heavy atom. The number of carbonyl (C=O) groups is 2. The van der Waals surface area contributed by atoms with E-state index >= 15 is 0 Å². The van der Waals surface area contributed by atoms with Gasteiger partial charge in [-0.2, -0.15) is 0 Å². The molecule has 1 aromatic heterocycles. The third kappa shape index (κ3) is 3.82. The Morgan fingerprint density at radius 2 is 1.81 bits per heavy atom. The Morgan fingerprint density at radius 1 is 1.11 bits per heavy atom. The van der Waals surface area contributed by atoms with Gasteiger partial charge in [0.15, 0.2) is 0 Å². The van der Waals surface area contributed by atoms with Crippen molar-refractivity contribution >= 4 is 28.5 Å². The Labute approximate surface area is 154 Å². The van der Waals surface area contributed by atoms with Crippen molar-refractivity contribution < 1.29 is 19.4 Å². The van der Waals surface area contributed by atoms with Gasteiger partial charge in [-0.25, -0.2) is 4.79 Å². The van der Waals surface area contributed by atoms with Crippen molar-refractivity contribution in [2.45, 2.75) is 13.3 Å². The van der Waals surface area contributed by atoms with Gasteiger partial charge >= 0.3 is 5.97 Å². The van der Waals surface area contributed by atoms with Gasteiger partial charge in [0, 0.05) is 11.1 Å². The molecule has 0 fully saturated rings.